The third kappa shape index (κ3) is 7.13. The van der Waals surface area contributed by atoms with Gasteiger partial charge in [-0.15, -0.1) is 0 Å². The topological polar surface area (TPSA) is 61.4 Å². The molecule has 1 aliphatic carbocycles. The molecule has 0 aromatic heterocycles. The third-order valence-corrected chi connectivity index (χ3v) is 4.16. The maximum absolute atomic E-state index is 11.9. The number of carbonyl (C=O) groups is 1. The number of aliphatic hydroxyl groups excluding tert-OH is 1. The molecule has 0 aliphatic heterocycles. The SMILES string of the molecule is CC(C)CC(CCO)CNC(=O)NC1CCCC(C)C1. The number of hydrogen-bond acceptors (Lipinski definition) is 2. The second-order valence-corrected chi connectivity index (χ2v) is 6.83. The van der Waals surface area contributed by atoms with E-state index in [1.807, 2.05) is 0 Å². The first-order valence-electron chi connectivity index (χ1n) is 8.16. The monoisotopic (exact) mass is 284 g/mol. The van der Waals surface area contributed by atoms with Gasteiger partial charge in [-0.1, -0.05) is 33.6 Å². The van der Waals surface area contributed by atoms with Gasteiger partial charge < -0.3 is 15.7 Å². The van der Waals surface area contributed by atoms with E-state index in [0.29, 0.717) is 24.4 Å². The lowest BCUT2D eigenvalue weighted by Gasteiger charge is -2.28. The minimum absolute atomic E-state index is 0.0456. The van der Waals surface area contributed by atoms with Gasteiger partial charge in [-0.25, -0.2) is 4.79 Å². The van der Waals surface area contributed by atoms with E-state index >= 15 is 0 Å². The molecule has 4 nitrogen and oxygen atoms in total. The molecule has 3 atom stereocenters. The lowest BCUT2D eigenvalue weighted by Crippen LogP contribution is -2.45. The highest BCUT2D eigenvalue weighted by atomic mass is 16.3. The molecular formula is C16H32N2O2. The molecule has 0 spiro atoms. The fraction of sp³-hybridized carbons (Fsp3) is 0.938. The molecule has 0 heterocycles. The van der Waals surface area contributed by atoms with E-state index in [-0.39, 0.29) is 12.6 Å². The Kier molecular flexibility index (Phi) is 7.97. The van der Waals surface area contributed by atoms with Crippen molar-refractivity contribution in [3.63, 3.8) is 0 Å². The summed E-state index contributed by atoms with van der Waals surface area (Å²) in [6.07, 6.45) is 6.50. The average Bonchev–Trinajstić information content (AvgIpc) is 2.35. The Morgan fingerprint density at radius 2 is 2.10 bits per heavy atom. The van der Waals surface area contributed by atoms with Crippen LogP contribution in [0, 0.1) is 17.8 Å². The largest absolute Gasteiger partial charge is 0.396 e. The second-order valence-electron chi connectivity index (χ2n) is 6.83. The highest BCUT2D eigenvalue weighted by Gasteiger charge is 2.20. The van der Waals surface area contributed by atoms with E-state index in [2.05, 4.69) is 31.4 Å². The Hall–Kier alpha value is -0.770. The van der Waals surface area contributed by atoms with Crippen LogP contribution in [-0.4, -0.2) is 30.3 Å². The van der Waals surface area contributed by atoms with Crippen LogP contribution in [0.5, 0.6) is 0 Å². The van der Waals surface area contributed by atoms with Crippen molar-refractivity contribution in [3.05, 3.63) is 0 Å². The molecular weight excluding hydrogens is 252 g/mol. The molecule has 2 amide bonds. The number of urea groups is 1. The quantitative estimate of drug-likeness (QED) is 0.673. The Labute approximate surface area is 123 Å². The van der Waals surface area contributed by atoms with Crippen LogP contribution in [0.25, 0.3) is 0 Å². The van der Waals surface area contributed by atoms with Crippen LogP contribution in [-0.2, 0) is 0 Å². The van der Waals surface area contributed by atoms with Gasteiger partial charge in [-0.3, -0.25) is 0 Å². The average molecular weight is 284 g/mol. The summed E-state index contributed by atoms with van der Waals surface area (Å²) in [5.41, 5.74) is 0. The van der Waals surface area contributed by atoms with Crippen LogP contribution in [0.1, 0.15) is 59.3 Å². The van der Waals surface area contributed by atoms with E-state index in [9.17, 15) is 4.79 Å². The Bertz CT molecular complexity index is 282. The smallest absolute Gasteiger partial charge is 0.315 e. The number of hydrogen-bond donors (Lipinski definition) is 3. The van der Waals surface area contributed by atoms with Crippen LogP contribution in [0.3, 0.4) is 0 Å². The van der Waals surface area contributed by atoms with Crippen molar-refractivity contribution in [2.75, 3.05) is 13.2 Å². The third-order valence-electron chi connectivity index (χ3n) is 4.16. The first-order chi connectivity index (χ1) is 9.51. The molecule has 1 fully saturated rings. The van der Waals surface area contributed by atoms with Gasteiger partial charge in [0.2, 0.25) is 0 Å². The molecule has 1 aliphatic rings. The molecule has 1 saturated carbocycles. The van der Waals surface area contributed by atoms with E-state index in [1.54, 1.807) is 0 Å². The summed E-state index contributed by atoms with van der Waals surface area (Å²) < 4.78 is 0. The molecule has 1 rings (SSSR count). The second kappa shape index (κ2) is 9.22. The highest BCUT2D eigenvalue weighted by molar-refractivity contribution is 5.74. The molecule has 118 valence electrons. The summed E-state index contributed by atoms with van der Waals surface area (Å²) in [4.78, 5) is 11.9. The number of amides is 2. The summed E-state index contributed by atoms with van der Waals surface area (Å²) in [5.74, 6) is 1.68. The van der Waals surface area contributed by atoms with Gasteiger partial charge in [-0.05, 0) is 43.4 Å². The molecule has 0 saturated heterocycles. The number of nitrogens with one attached hydrogen (secondary N) is 2. The maximum Gasteiger partial charge on any atom is 0.315 e. The van der Waals surface area contributed by atoms with Crippen molar-refractivity contribution in [1.29, 1.82) is 0 Å². The fourth-order valence-corrected chi connectivity index (χ4v) is 3.19. The maximum atomic E-state index is 11.9. The first-order valence-corrected chi connectivity index (χ1v) is 8.16. The van der Waals surface area contributed by atoms with Gasteiger partial charge in [0.05, 0.1) is 0 Å². The lowest BCUT2D eigenvalue weighted by molar-refractivity contribution is 0.216. The Morgan fingerprint density at radius 3 is 2.70 bits per heavy atom. The van der Waals surface area contributed by atoms with Gasteiger partial charge in [0.15, 0.2) is 0 Å². The van der Waals surface area contributed by atoms with Crippen molar-refractivity contribution in [2.24, 2.45) is 17.8 Å². The van der Waals surface area contributed by atoms with Gasteiger partial charge in [0.25, 0.3) is 0 Å². The minimum Gasteiger partial charge on any atom is -0.396 e. The van der Waals surface area contributed by atoms with E-state index < -0.39 is 0 Å². The number of rotatable bonds is 7. The van der Waals surface area contributed by atoms with Crippen LogP contribution >= 0.6 is 0 Å². The van der Waals surface area contributed by atoms with Crippen molar-refractivity contribution in [1.82, 2.24) is 10.6 Å². The van der Waals surface area contributed by atoms with Crippen LogP contribution < -0.4 is 10.6 Å². The summed E-state index contributed by atoms with van der Waals surface area (Å²) in [7, 11) is 0. The van der Waals surface area contributed by atoms with Crippen molar-refractivity contribution in [3.8, 4) is 0 Å². The molecule has 0 bridgehead atoms. The molecule has 3 unspecified atom stereocenters. The molecule has 0 radical (unpaired) electrons. The van der Waals surface area contributed by atoms with Crippen LogP contribution in [0.2, 0.25) is 0 Å². The minimum atomic E-state index is -0.0456. The lowest BCUT2D eigenvalue weighted by atomic mass is 9.87. The predicted molar refractivity (Wildman–Crippen MR) is 82.6 cm³/mol. The molecule has 4 heteroatoms. The summed E-state index contributed by atoms with van der Waals surface area (Å²) in [5, 5.41) is 15.1. The van der Waals surface area contributed by atoms with Crippen molar-refractivity contribution in [2.45, 2.75) is 65.3 Å². The molecule has 3 N–H and O–H groups in total. The van der Waals surface area contributed by atoms with Crippen LogP contribution in [0.15, 0.2) is 0 Å². The standard InChI is InChI=1S/C16H32N2O2/c1-12(2)9-14(7-8-19)11-17-16(20)18-15-6-4-5-13(3)10-15/h12-15,19H,4-11H2,1-3H3,(H2,17,18,20). The predicted octanol–water partition coefficient (Wildman–Crippen LogP) is 2.91. The summed E-state index contributed by atoms with van der Waals surface area (Å²) >= 11 is 0. The molecule has 20 heavy (non-hydrogen) atoms. The van der Waals surface area contributed by atoms with Gasteiger partial charge in [0, 0.05) is 19.2 Å². The zero-order chi connectivity index (χ0) is 15.0. The summed E-state index contributed by atoms with van der Waals surface area (Å²) in [6, 6.07) is 0.288. The van der Waals surface area contributed by atoms with E-state index in [1.165, 1.54) is 12.8 Å². The summed E-state index contributed by atoms with van der Waals surface area (Å²) in [6.45, 7) is 7.46. The van der Waals surface area contributed by atoms with Gasteiger partial charge in [-0.2, -0.15) is 0 Å². The van der Waals surface area contributed by atoms with E-state index in [4.69, 9.17) is 5.11 Å². The highest BCUT2D eigenvalue weighted by Crippen LogP contribution is 2.23. The zero-order valence-corrected chi connectivity index (χ0v) is 13.3. The van der Waals surface area contributed by atoms with Crippen LogP contribution in [0.4, 0.5) is 4.79 Å². The molecule has 0 aromatic carbocycles. The zero-order valence-electron chi connectivity index (χ0n) is 13.3. The normalized spacial score (nSPS) is 24.4. The Balaban J connectivity index is 2.26. The fourth-order valence-electron chi connectivity index (χ4n) is 3.19. The van der Waals surface area contributed by atoms with E-state index in [0.717, 1.165) is 31.6 Å². The van der Waals surface area contributed by atoms with Crippen molar-refractivity contribution < 1.29 is 9.90 Å². The number of aliphatic hydroxyl groups is 1. The Morgan fingerprint density at radius 1 is 1.35 bits per heavy atom. The first kappa shape index (κ1) is 17.3. The van der Waals surface area contributed by atoms with Gasteiger partial charge in [0.1, 0.15) is 0 Å². The van der Waals surface area contributed by atoms with Crippen molar-refractivity contribution >= 4 is 6.03 Å². The van der Waals surface area contributed by atoms with Gasteiger partial charge >= 0.3 is 6.03 Å². The number of carbonyl (C=O) groups excluding carboxylic acids is 1. The molecule has 0 aromatic rings.